The molecule has 0 aliphatic carbocycles. The number of anilines is 1. The van der Waals surface area contributed by atoms with E-state index in [2.05, 4.69) is 30.4 Å². The molecule has 0 spiro atoms. The quantitative estimate of drug-likeness (QED) is 0.813. The number of rotatable bonds is 5. The summed E-state index contributed by atoms with van der Waals surface area (Å²) in [6, 6.07) is 6.94. The standard InChI is InChI=1S/C13H13BrN2O4S/c1-2-20-12(17)8-21(18,19)16-11-5-3-4-9-6-10(14)7-15-13(9)11/h3-7,16H,2,8H2,1H3. The molecule has 0 bridgehead atoms. The summed E-state index contributed by atoms with van der Waals surface area (Å²) in [7, 11) is -3.83. The average Bonchev–Trinajstić information content (AvgIpc) is 2.37. The Bertz CT molecular complexity index is 777. The van der Waals surface area contributed by atoms with Crippen molar-refractivity contribution in [2.45, 2.75) is 6.92 Å². The predicted octanol–water partition coefficient (Wildman–Crippen LogP) is 2.30. The van der Waals surface area contributed by atoms with Crippen molar-refractivity contribution in [3.05, 3.63) is 34.9 Å². The number of fused-ring (bicyclic) bond motifs is 1. The molecule has 1 N–H and O–H groups in total. The zero-order valence-electron chi connectivity index (χ0n) is 11.2. The Morgan fingerprint density at radius 2 is 2.19 bits per heavy atom. The molecule has 6 nitrogen and oxygen atoms in total. The van der Waals surface area contributed by atoms with Crippen molar-refractivity contribution in [1.82, 2.24) is 4.98 Å². The van der Waals surface area contributed by atoms with Crippen LogP contribution in [0.15, 0.2) is 34.9 Å². The van der Waals surface area contributed by atoms with Gasteiger partial charge in [-0.05, 0) is 35.0 Å². The van der Waals surface area contributed by atoms with Gasteiger partial charge in [0.1, 0.15) is 0 Å². The van der Waals surface area contributed by atoms with Gasteiger partial charge in [0.2, 0.25) is 10.0 Å². The smallest absolute Gasteiger partial charge is 0.323 e. The fourth-order valence-electron chi connectivity index (χ4n) is 1.78. The van der Waals surface area contributed by atoms with E-state index >= 15 is 0 Å². The lowest BCUT2D eigenvalue weighted by Gasteiger charge is -2.09. The van der Waals surface area contributed by atoms with E-state index in [-0.39, 0.29) is 6.61 Å². The monoisotopic (exact) mass is 372 g/mol. The molecule has 0 unspecified atom stereocenters. The minimum atomic E-state index is -3.83. The number of benzene rings is 1. The van der Waals surface area contributed by atoms with Crippen molar-refractivity contribution >= 4 is 48.5 Å². The highest BCUT2D eigenvalue weighted by Crippen LogP contribution is 2.24. The maximum absolute atomic E-state index is 11.9. The number of ether oxygens (including phenoxy) is 1. The van der Waals surface area contributed by atoms with E-state index in [4.69, 9.17) is 0 Å². The first-order chi connectivity index (χ1) is 9.91. The molecule has 1 heterocycles. The fraction of sp³-hybridized carbons (Fsp3) is 0.231. The number of aromatic nitrogens is 1. The number of pyridine rings is 1. The van der Waals surface area contributed by atoms with Crippen molar-refractivity contribution in [2.75, 3.05) is 17.1 Å². The number of nitrogens with one attached hydrogen (secondary N) is 1. The number of carbonyl (C=O) groups excluding carboxylic acids is 1. The molecule has 8 heteroatoms. The van der Waals surface area contributed by atoms with E-state index in [9.17, 15) is 13.2 Å². The van der Waals surface area contributed by atoms with Gasteiger partial charge in [-0.3, -0.25) is 14.5 Å². The summed E-state index contributed by atoms with van der Waals surface area (Å²) in [6.07, 6.45) is 1.57. The average molecular weight is 373 g/mol. The molecule has 112 valence electrons. The number of hydrogen-bond donors (Lipinski definition) is 1. The molecule has 2 rings (SSSR count). The van der Waals surface area contributed by atoms with Crippen LogP contribution in [0, 0.1) is 0 Å². The second-order valence-corrected chi connectivity index (χ2v) is 6.83. The molecule has 0 atom stereocenters. The lowest BCUT2D eigenvalue weighted by molar-refractivity contribution is -0.139. The van der Waals surface area contributed by atoms with Crippen LogP contribution in [0.3, 0.4) is 0 Å². The Morgan fingerprint density at radius 3 is 2.90 bits per heavy atom. The highest BCUT2D eigenvalue weighted by atomic mass is 79.9. The second-order valence-electron chi connectivity index (χ2n) is 4.20. The molecule has 0 radical (unpaired) electrons. The Labute approximate surface area is 130 Å². The van der Waals surface area contributed by atoms with Crippen LogP contribution in [0.4, 0.5) is 5.69 Å². The Balaban J connectivity index is 2.29. The topological polar surface area (TPSA) is 85.4 Å². The van der Waals surface area contributed by atoms with E-state index in [1.54, 1.807) is 25.3 Å². The van der Waals surface area contributed by atoms with Gasteiger partial charge in [0.25, 0.3) is 0 Å². The fourth-order valence-corrected chi connectivity index (χ4v) is 3.09. The lowest BCUT2D eigenvalue weighted by atomic mass is 10.2. The first kappa shape index (κ1) is 15.7. The van der Waals surface area contributed by atoms with Crippen molar-refractivity contribution in [3.8, 4) is 0 Å². The summed E-state index contributed by atoms with van der Waals surface area (Å²) in [6.45, 7) is 1.75. The number of para-hydroxylation sites is 1. The summed E-state index contributed by atoms with van der Waals surface area (Å²) in [5.74, 6) is -1.52. The van der Waals surface area contributed by atoms with Gasteiger partial charge in [0.15, 0.2) is 5.75 Å². The molecular formula is C13H13BrN2O4S. The number of nitrogens with zero attached hydrogens (tertiary/aromatic N) is 1. The number of halogens is 1. The maximum Gasteiger partial charge on any atom is 0.323 e. The van der Waals surface area contributed by atoms with Crippen LogP contribution in [0.1, 0.15) is 6.92 Å². The number of esters is 1. The Morgan fingerprint density at radius 1 is 1.43 bits per heavy atom. The molecule has 0 saturated carbocycles. The largest absolute Gasteiger partial charge is 0.465 e. The normalized spacial score (nSPS) is 11.3. The predicted molar refractivity (Wildman–Crippen MR) is 83.5 cm³/mol. The van der Waals surface area contributed by atoms with Gasteiger partial charge < -0.3 is 4.74 Å². The van der Waals surface area contributed by atoms with Crippen LogP contribution >= 0.6 is 15.9 Å². The molecule has 21 heavy (non-hydrogen) atoms. The van der Waals surface area contributed by atoms with Crippen LogP contribution in [0.5, 0.6) is 0 Å². The van der Waals surface area contributed by atoms with Crippen molar-refractivity contribution < 1.29 is 17.9 Å². The zero-order chi connectivity index (χ0) is 15.5. The van der Waals surface area contributed by atoms with Crippen LogP contribution in [0.2, 0.25) is 0 Å². The van der Waals surface area contributed by atoms with E-state index in [1.165, 1.54) is 0 Å². The molecule has 0 aliphatic heterocycles. The van der Waals surface area contributed by atoms with Crippen LogP contribution in [-0.4, -0.2) is 31.7 Å². The van der Waals surface area contributed by atoms with Gasteiger partial charge in [-0.1, -0.05) is 12.1 Å². The summed E-state index contributed by atoms with van der Waals surface area (Å²) >= 11 is 3.31. The molecule has 1 aromatic carbocycles. The highest BCUT2D eigenvalue weighted by Gasteiger charge is 2.18. The molecule has 0 amide bonds. The summed E-state index contributed by atoms with van der Waals surface area (Å²) in [4.78, 5) is 15.5. The van der Waals surface area contributed by atoms with Gasteiger partial charge >= 0.3 is 5.97 Å². The molecular weight excluding hydrogens is 360 g/mol. The highest BCUT2D eigenvalue weighted by molar-refractivity contribution is 9.10. The third-order valence-corrected chi connectivity index (χ3v) is 4.14. The summed E-state index contributed by atoms with van der Waals surface area (Å²) < 4.78 is 31.7. The van der Waals surface area contributed by atoms with Crippen molar-refractivity contribution in [3.63, 3.8) is 0 Å². The molecule has 0 saturated heterocycles. The number of sulfonamides is 1. The van der Waals surface area contributed by atoms with Crippen molar-refractivity contribution in [1.29, 1.82) is 0 Å². The molecule has 0 aliphatic rings. The van der Waals surface area contributed by atoms with E-state index in [0.717, 1.165) is 9.86 Å². The van der Waals surface area contributed by atoms with E-state index < -0.39 is 21.7 Å². The van der Waals surface area contributed by atoms with Gasteiger partial charge in [0.05, 0.1) is 17.8 Å². The lowest BCUT2D eigenvalue weighted by Crippen LogP contribution is -2.24. The maximum atomic E-state index is 11.9. The molecule has 0 fully saturated rings. The van der Waals surface area contributed by atoms with Crippen LogP contribution in [0.25, 0.3) is 10.9 Å². The van der Waals surface area contributed by atoms with Gasteiger partial charge in [0, 0.05) is 16.1 Å². The SMILES string of the molecule is CCOC(=O)CS(=O)(=O)Nc1cccc2cc(Br)cnc12. The Kier molecular flexibility index (Phi) is 4.79. The minimum Gasteiger partial charge on any atom is -0.465 e. The van der Waals surface area contributed by atoms with Crippen molar-refractivity contribution in [2.24, 2.45) is 0 Å². The van der Waals surface area contributed by atoms with Gasteiger partial charge in [-0.15, -0.1) is 0 Å². The van der Waals surface area contributed by atoms with Gasteiger partial charge in [-0.2, -0.15) is 0 Å². The van der Waals surface area contributed by atoms with Gasteiger partial charge in [-0.25, -0.2) is 8.42 Å². The van der Waals surface area contributed by atoms with Crippen LogP contribution < -0.4 is 4.72 Å². The number of hydrogen-bond acceptors (Lipinski definition) is 5. The Hall–Kier alpha value is -1.67. The van der Waals surface area contributed by atoms with E-state index in [0.29, 0.717) is 11.2 Å². The minimum absolute atomic E-state index is 0.137. The first-order valence-corrected chi connectivity index (χ1v) is 8.56. The van der Waals surface area contributed by atoms with Crippen LogP contribution in [-0.2, 0) is 19.6 Å². The molecule has 2 aromatic rings. The summed E-state index contributed by atoms with van der Waals surface area (Å²) in [5, 5.41) is 0.778. The zero-order valence-corrected chi connectivity index (χ0v) is 13.6. The van der Waals surface area contributed by atoms with E-state index in [1.807, 2.05) is 12.1 Å². The molecule has 1 aromatic heterocycles. The number of carbonyl (C=O) groups is 1. The third kappa shape index (κ3) is 4.15. The first-order valence-electron chi connectivity index (χ1n) is 6.11. The second kappa shape index (κ2) is 6.40. The third-order valence-electron chi connectivity index (χ3n) is 2.56. The summed E-state index contributed by atoms with van der Waals surface area (Å²) in [5.41, 5.74) is 0.831.